The van der Waals surface area contributed by atoms with Gasteiger partial charge in [-0.25, -0.2) is 29.5 Å². The molecular formula is C24H42N10O6. The van der Waals surface area contributed by atoms with Crippen molar-refractivity contribution < 1.29 is 29.4 Å². The Morgan fingerprint density at radius 1 is 0.625 bits per heavy atom. The van der Waals surface area contributed by atoms with Crippen LogP contribution in [-0.4, -0.2) is 126 Å². The summed E-state index contributed by atoms with van der Waals surface area (Å²) in [6, 6.07) is 0. The van der Waals surface area contributed by atoms with Crippen molar-refractivity contribution in [2.24, 2.45) is 28.2 Å². The predicted molar refractivity (Wildman–Crippen MR) is 145 cm³/mol. The maximum Gasteiger partial charge on any atom is 0.328 e. The molecule has 0 saturated heterocycles. The van der Waals surface area contributed by atoms with Gasteiger partial charge in [-0.3, -0.25) is 9.13 Å². The average Bonchev–Trinajstić information content (AvgIpc) is 3.54. The number of aliphatic hydroxyl groups is 2. The van der Waals surface area contributed by atoms with Crippen molar-refractivity contribution in [1.82, 2.24) is 38.2 Å². The molecule has 40 heavy (non-hydrogen) atoms. The van der Waals surface area contributed by atoms with Crippen molar-refractivity contribution in [3.05, 3.63) is 33.6 Å². The van der Waals surface area contributed by atoms with Crippen molar-refractivity contribution >= 4 is 0 Å². The molecule has 16 nitrogen and oxygen atoms in total. The number of aliphatic hydroxyl groups excluding tert-OH is 2. The van der Waals surface area contributed by atoms with E-state index in [-0.39, 0.29) is 24.6 Å². The first kappa shape index (κ1) is 34.2. The molecule has 0 aromatic heterocycles. The van der Waals surface area contributed by atoms with Gasteiger partial charge in [0.15, 0.2) is 11.6 Å². The third kappa shape index (κ3) is 9.11. The number of fused-ring (bicyclic) bond motifs is 2. The highest BCUT2D eigenvalue weighted by Gasteiger charge is 2.14. The number of aromatic nitrogens is 8. The smallest absolute Gasteiger partial charge is 0.328 e. The zero-order chi connectivity index (χ0) is 31.0. The molecule has 4 heterocycles. The first-order chi connectivity index (χ1) is 18.4. The van der Waals surface area contributed by atoms with E-state index in [4.69, 9.17) is 10.2 Å². The van der Waals surface area contributed by atoms with Gasteiger partial charge < -0.3 is 38.5 Å². The SMILES string of the molecule is C[N+](C)(C)CCO.C[N+](C)(C)CCO.Cn1c2ncnc-2c([O-])n(C)c1=O.Cn1c2ncnc-2c([O-])n(C)c1=O. The summed E-state index contributed by atoms with van der Waals surface area (Å²) in [5.74, 6) is -0.160. The van der Waals surface area contributed by atoms with E-state index >= 15 is 0 Å². The topological polar surface area (TPSA) is 192 Å². The van der Waals surface area contributed by atoms with Crippen LogP contribution in [0.4, 0.5) is 0 Å². The van der Waals surface area contributed by atoms with Crippen LogP contribution < -0.4 is 21.6 Å². The summed E-state index contributed by atoms with van der Waals surface area (Å²) < 4.78 is 6.30. The lowest BCUT2D eigenvalue weighted by Gasteiger charge is -2.21. The second-order valence-electron chi connectivity index (χ2n) is 11.0. The van der Waals surface area contributed by atoms with Gasteiger partial charge in [0.05, 0.1) is 55.5 Å². The monoisotopic (exact) mass is 566 g/mol. The lowest BCUT2D eigenvalue weighted by atomic mass is 10.4. The lowest BCUT2D eigenvalue weighted by Crippen LogP contribution is -2.36. The van der Waals surface area contributed by atoms with Crippen LogP contribution in [0.1, 0.15) is 0 Å². The number of quaternary nitrogens is 2. The quantitative estimate of drug-likeness (QED) is 0.237. The molecule has 2 N–H and O–H groups in total. The molecule has 0 spiro atoms. The Balaban J connectivity index is 0.000000280. The number of rotatable bonds is 4. The summed E-state index contributed by atoms with van der Waals surface area (Å²) in [6.45, 7) is 2.23. The van der Waals surface area contributed by atoms with Crippen molar-refractivity contribution in [2.45, 2.75) is 0 Å². The van der Waals surface area contributed by atoms with E-state index in [1.807, 2.05) is 0 Å². The van der Waals surface area contributed by atoms with Crippen LogP contribution in [-0.2, 0) is 28.2 Å². The highest BCUT2D eigenvalue weighted by atomic mass is 16.3. The number of imidazole rings is 2. The van der Waals surface area contributed by atoms with Gasteiger partial charge in [-0.2, -0.15) is 0 Å². The number of hydrogen-bond acceptors (Lipinski definition) is 10. The summed E-state index contributed by atoms with van der Waals surface area (Å²) in [5.41, 5.74) is -0.329. The first-order valence-corrected chi connectivity index (χ1v) is 12.3. The Morgan fingerprint density at radius 2 is 0.925 bits per heavy atom. The first-order valence-electron chi connectivity index (χ1n) is 12.3. The summed E-state index contributed by atoms with van der Waals surface area (Å²) in [7, 11) is 18.3. The fraction of sp³-hybridized carbons (Fsp3) is 0.583. The average molecular weight is 567 g/mol. The Hall–Kier alpha value is -3.86. The molecule has 0 aliphatic carbocycles. The highest BCUT2D eigenvalue weighted by Crippen LogP contribution is 2.21. The highest BCUT2D eigenvalue weighted by molar-refractivity contribution is 5.57. The zero-order valence-corrected chi connectivity index (χ0v) is 25.0. The van der Waals surface area contributed by atoms with Crippen LogP contribution in [0.15, 0.2) is 22.2 Å². The summed E-state index contributed by atoms with van der Waals surface area (Å²) in [4.78, 5) is 37.9. The predicted octanol–water partition coefficient (Wildman–Crippen LogP) is -3.25. The van der Waals surface area contributed by atoms with Crippen LogP contribution in [0, 0.1) is 0 Å². The third-order valence-electron chi connectivity index (χ3n) is 5.50. The zero-order valence-electron chi connectivity index (χ0n) is 25.0. The third-order valence-corrected chi connectivity index (χ3v) is 5.50. The minimum atomic E-state index is -0.407. The molecule has 4 aliphatic rings. The molecule has 16 heteroatoms. The fourth-order valence-electron chi connectivity index (χ4n) is 3.04. The van der Waals surface area contributed by atoms with Crippen LogP contribution >= 0.6 is 0 Å². The molecule has 0 aromatic rings. The Morgan fingerprint density at radius 3 is 1.15 bits per heavy atom. The number of nitrogens with zero attached hydrogens (tertiary/aromatic N) is 10. The summed E-state index contributed by atoms with van der Waals surface area (Å²) in [5, 5.41) is 39.6. The van der Waals surface area contributed by atoms with Crippen molar-refractivity contribution in [3.63, 3.8) is 0 Å². The maximum atomic E-state index is 11.4. The Kier molecular flexibility index (Phi) is 11.9. The van der Waals surface area contributed by atoms with Crippen molar-refractivity contribution in [1.29, 1.82) is 0 Å². The van der Waals surface area contributed by atoms with E-state index in [1.165, 1.54) is 35.9 Å². The second-order valence-corrected chi connectivity index (χ2v) is 11.0. The van der Waals surface area contributed by atoms with E-state index in [1.54, 1.807) is 14.1 Å². The molecule has 0 fully saturated rings. The number of likely N-dealkylation sites (N-methyl/N-ethyl adjacent to an activating group) is 2. The van der Waals surface area contributed by atoms with E-state index in [0.717, 1.165) is 31.2 Å². The molecule has 0 amide bonds. The van der Waals surface area contributed by atoms with Gasteiger partial charge in [-0.15, -0.1) is 0 Å². The molecule has 224 valence electrons. The maximum absolute atomic E-state index is 11.4. The normalized spacial score (nSPS) is 11.3. The van der Waals surface area contributed by atoms with E-state index in [9.17, 15) is 19.8 Å². The number of hydrogen-bond donors (Lipinski definition) is 2. The largest absolute Gasteiger partial charge is 0.858 e. The van der Waals surface area contributed by atoms with Gasteiger partial charge in [-0.05, 0) is 11.8 Å². The second kappa shape index (κ2) is 14.0. The molecule has 0 saturated carbocycles. The van der Waals surface area contributed by atoms with Crippen LogP contribution in [0.2, 0.25) is 0 Å². The molecular weight excluding hydrogens is 524 g/mol. The van der Waals surface area contributed by atoms with Crippen molar-refractivity contribution in [3.8, 4) is 34.8 Å². The van der Waals surface area contributed by atoms with Gasteiger partial charge >= 0.3 is 11.4 Å². The molecule has 4 aliphatic heterocycles. The molecule has 0 atom stereocenters. The molecule has 0 radical (unpaired) electrons. The minimum absolute atomic E-state index is 0.226. The summed E-state index contributed by atoms with van der Waals surface area (Å²) in [6.07, 6.45) is 2.54. The summed E-state index contributed by atoms with van der Waals surface area (Å²) >= 11 is 0. The van der Waals surface area contributed by atoms with Crippen LogP contribution in [0.3, 0.4) is 0 Å². The van der Waals surface area contributed by atoms with Gasteiger partial charge in [-0.1, -0.05) is 0 Å². The standard InChI is InChI=1S/2C7H8N4O2.2C5H14NO/c2*1-10-5-4(8-3-9-5)6(12)11(2)7(10)13;2*1-6(2,3)4-5-7/h2*3,12H,1-2H3;2*7H,4-5H2,1-3H3/q;;2*+1/p-2. The van der Waals surface area contributed by atoms with Crippen molar-refractivity contribution in [2.75, 3.05) is 68.6 Å². The van der Waals surface area contributed by atoms with E-state index in [2.05, 4.69) is 62.2 Å². The minimum Gasteiger partial charge on any atom is -0.858 e. The van der Waals surface area contributed by atoms with Gasteiger partial charge in [0.1, 0.15) is 37.1 Å². The molecule has 0 bridgehead atoms. The van der Waals surface area contributed by atoms with Crippen LogP contribution in [0.5, 0.6) is 11.8 Å². The Bertz CT molecular complexity index is 1300. The van der Waals surface area contributed by atoms with Gasteiger partial charge in [0.2, 0.25) is 0 Å². The fourth-order valence-corrected chi connectivity index (χ4v) is 3.04. The van der Waals surface area contributed by atoms with Crippen LogP contribution in [0.25, 0.3) is 23.0 Å². The van der Waals surface area contributed by atoms with Gasteiger partial charge in [0, 0.05) is 28.2 Å². The van der Waals surface area contributed by atoms with Gasteiger partial charge in [0.25, 0.3) is 0 Å². The van der Waals surface area contributed by atoms with E-state index < -0.39 is 23.1 Å². The molecule has 0 aromatic carbocycles. The van der Waals surface area contributed by atoms with E-state index in [0.29, 0.717) is 11.6 Å². The molecule has 0 unspecified atom stereocenters. The Labute approximate surface area is 233 Å². The molecule has 4 rings (SSSR count). The lowest BCUT2D eigenvalue weighted by molar-refractivity contribution is -0.870.